The van der Waals surface area contributed by atoms with Gasteiger partial charge in [0.15, 0.2) is 5.82 Å². The lowest BCUT2D eigenvalue weighted by molar-refractivity contribution is -0.173. The second kappa shape index (κ2) is 6.50. The lowest BCUT2D eigenvalue weighted by Gasteiger charge is -2.05. The summed E-state index contributed by atoms with van der Waals surface area (Å²) in [6.45, 7) is 0.693. The highest BCUT2D eigenvalue weighted by atomic mass is 32.1. The first kappa shape index (κ1) is 15.9. The molecule has 21 heavy (non-hydrogen) atoms. The van der Waals surface area contributed by atoms with E-state index in [1.54, 1.807) is 6.92 Å². The van der Waals surface area contributed by atoms with Crippen molar-refractivity contribution in [1.82, 2.24) is 15.1 Å². The van der Waals surface area contributed by atoms with Gasteiger partial charge in [-0.1, -0.05) is 5.16 Å². The van der Waals surface area contributed by atoms with Crippen LogP contribution in [0.15, 0.2) is 4.52 Å². The summed E-state index contributed by atoms with van der Waals surface area (Å²) in [6, 6.07) is 0. The Hall–Kier alpha value is -1.52. The van der Waals surface area contributed by atoms with Crippen molar-refractivity contribution in [3.05, 3.63) is 16.5 Å². The maximum absolute atomic E-state index is 11.9. The predicted molar refractivity (Wildman–Crippen MR) is 68.6 cm³/mol. The fraction of sp³-hybridized carbons (Fsp3) is 0.545. The highest BCUT2D eigenvalue weighted by Crippen LogP contribution is 2.28. The van der Waals surface area contributed by atoms with Crippen LogP contribution in [0, 0.1) is 6.92 Å². The van der Waals surface area contributed by atoms with Crippen molar-refractivity contribution < 1.29 is 22.4 Å². The molecule has 0 saturated carbocycles. The van der Waals surface area contributed by atoms with Gasteiger partial charge in [0.25, 0.3) is 5.89 Å². The summed E-state index contributed by atoms with van der Waals surface area (Å²) >= 11 is 1.35. The van der Waals surface area contributed by atoms with Gasteiger partial charge in [-0.3, -0.25) is 0 Å². The van der Waals surface area contributed by atoms with E-state index in [-0.39, 0.29) is 24.7 Å². The average Bonchev–Trinajstić information content (AvgIpc) is 2.99. The summed E-state index contributed by atoms with van der Waals surface area (Å²) in [5.74, 6) is 0.574. The number of aryl methyl sites for hydroxylation is 1. The molecule has 0 amide bonds. The van der Waals surface area contributed by atoms with Crippen LogP contribution in [-0.4, -0.2) is 34.5 Å². The van der Waals surface area contributed by atoms with Crippen LogP contribution < -0.4 is 5.73 Å². The first-order chi connectivity index (χ1) is 9.89. The molecule has 0 radical (unpaired) electrons. The number of halogens is 3. The summed E-state index contributed by atoms with van der Waals surface area (Å²) in [6.07, 6.45) is -4.19. The molecule has 2 aromatic heterocycles. The van der Waals surface area contributed by atoms with Crippen LogP contribution in [0.5, 0.6) is 0 Å². The molecule has 0 aliphatic carbocycles. The average molecular weight is 322 g/mol. The van der Waals surface area contributed by atoms with E-state index < -0.39 is 12.8 Å². The maximum Gasteiger partial charge on any atom is 0.411 e. The minimum absolute atomic E-state index is 0.131. The van der Waals surface area contributed by atoms with Crippen molar-refractivity contribution in [3.8, 4) is 10.8 Å². The largest absolute Gasteiger partial charge is 0.411 e. The molecular formula is C11H13F3N4O2S. The molecule has 2 N–H and O–H groups in total. The molecule has 2 rings (SSSR count). The lowest BCUT2D eigenvalue weighted by Crippen LogP contribution is -2.18. The van der Waals surface area contributed by atoms with Crippen molar-refractivity contribution in [2.75, 3.05) is 13.2 Å². The van der Waals surface area contributed by atoms with Crippen LogP contribution in [0.2, 0.25) is 0 Å². The van der Waals surface area contributed by atoms with Crippen molar-refractivity contribution in [3.63, 3.8) is 0 Å². The molecule has 6 nitrogen and oxygen atoms in total. The molecule has 2 heterocycles. The van der Waals surface area contributed by atoms with E-state index >= 15 is 0 Å². The Balaban J connectivity index is 1.93. The monoisotopic (exact) mass is 322 g/mol. The van der Waals surface area contributed by atoms with Crippen LogP contribution in [0.25, 0.3) is 10.8 Å². The number of alkyl halides is 3. The summed E-state index contributed by atoms with van der Waals surface area (Å²) in [4.78, 5) is 9.06. The molecule has 10 heteroatoms. The number of nitrogens with zero attached hydrogens (tertiary/aromatic N) is 3. The number of thiazole rings is 1. The summed E-state index contributed by atoms with van der Waals surface area (Å²) in [7, 11) is 0. The second-order valence-corrected chi connectivity index (χ2v) is 5.24. The Morgan fingerprint density at radius 3 is 2.71 bits per heavy atom. The molecule has 0 unspecified atom stereocenters. The molecule has 0 aromatic carbocycles. The standard InChI is InChI=1S/C11H13F3N4O2S/c1-6-9(21-8(4-15)16-6)10-17-7(18-20-10)2-3-19-5-11(12,13)14/h2-5,15H2,1H3. The van der Waals surface area contributed by atoms with Gasteiger partial charge >= 0.3 is 6.18 Å². The Bertz CT molecular complexity index is 597. The number of ether oxygens (including phenoxy) is 1. The normalized spacial score (nSPS) is 12.0. The molecule has 2 aromatic rings. The van der Waals surface area contributed by atoms with Gasteiger partial charge < -0.3 is 15.0 Å². The minimum atomic E-state index is -4.33. The third kappa shape index (κ3) is 4.48. The van der Waals surface area contributed by atoms with Crippen LogP contribution in [0.3, 0.4) is 0 Å². The third-order valence-corrected chi connectivity index (χ3v) is 3.58. The summed E-state index contributed by atoms with van der Waals surface area (Å²) < 4.78 is 45.3. The van der Waals surface area contributed by atoms with E-state index in [2.05, 4.69) is 19.9 Å². The van der Waals surface area contributed by atoms with E-state index in [4.69, 9.17) is 10.3 Å². The smallest absolute Gasteiger partial charge is 0.372 e. The number of nitrogens with two attached hydrogens (primary N) is 1. The Morgan fingerprint density at radius 2 is 2.10 bits per heavy atom. The quantitative estimate of drug-likeness (QED) is 0.819. The topological polar surface area (TPSA) is 87.1 Å². The van der Waals surface area contributed by atoms with E-state index in [9.17, 15) is 13.2 Å². The molecule has 0 saturated heterocycles. The first-order valence-electron chi connectivity index (χ1n) is 6.03. The van der Waals surface area contributed by atoms with Gasteiger partial charge in [-0.2, -0.15) is 18.2 Å². The Morgan fingerprint density at radius 1 is 1.33 bits per heavy atom. The molecule has 0 atom stereocenters. The molecule has 0 bridgehead atoms. The predicted octanol–water partition coefficient (Wildman–Crippen LogP) is 2.08. The summed E-state index contributed by atoms with van der Waals surface area (Å²) in [5, 5.41) is 4.45. The van der Waals surface area contributed by atoms with Gasteiger partial charge in [0.1, 0.15) is 16.5 Å². The number of aromatic nitrogens is 3. The fourth-order valence-corrected chi connectivity index (χ4v) is 2.40. The molecule has 116 valence electrons. The van der Waals surface area contributed by atoms with Gasteiger partial charge in [0.2, 0.25) is 0 Å². The van der Waals surface area contributed by atoms with Crippen LogP contribution in [-0.2, 0) is 17.7 Å². The van der Waals surface area contributed by atoms with Crippen LogP contribution in [0.4, 0.5) is 13.2 Å². The van der Waals surface area contributed by atoms with Crippen LogP contribution in [0.1, 0.15) is 16.5 Å². The number of hydrogen-bond donors (Lipinski definition) is 1. The number of hydrogen-bond acceptors (Lipinski definition) is 7. The molecular weight excluding hydrogens is 309 g/mol. The molecule has 0 aliphatic rings. The van der Waals surface area contributed by atoms with Gasteiger partial charge in [0.05, 0.1) is 12.3 Å². The second-order valence-electron chi connectivity index (χ2n) is 4.16. The van der Waals surface area contributed by atoms with E-state index in [0.29, 0.717) is 11.4 Å². The van der Waals surface area contributed by atoms with Crippen molar-refractivity contribution >= 4 is 11.3 Å². The van der Waals surface area contributed by atoms with Crippen molar-refractivity contribution in [2.24, 2.45) is 5.73 Å². The van der Waals surface area contributed by atoms with E-state index in [1.807, 2.05) is 0 Å². The molecule has 0 spiro atoms. The van der Waals surface area contributed by atoms with Gasteiger partial charge in [-0.25, -0.2) is 4.98 Å². The highest BCUT2D eigenvalue weighted by Gasteiger charge is 2.27. The molecule has 0 aliphatic heterocycles. The number of rotatable bonds is 6. The SMILES string of the molecule is Cc1nc(CN)sc1-c1nc(CCOCC(F)(F)F)no1. The zero-order valence-electron chi connectivity index (χ0n) is 11.1. The highest BCUT2D eigenvalue weighted by molar-refractivity contribution is 7.15. The van der Waals surface area contributed by atoms with Gasteiger partial charge in [-0.05, 0) is 6.92 Å². The lowest BCUT2D eigenvalue weighted by atomic mass is 10.4. The van der Waals surface area contributed by atoms with E-state index in [0.717, 1.165) is 10.7 Å². The Labute approximate surface area is 122 Å². The van der Waals surface area contributed by atoms with Gasteiger partial charge in [0, 0.05) is 13.0 Å². The molecule has 0 fully saturated rings. The third-order valence-electron chi connectivity index (χ3n) is 2.41. The minimum Gasteiger partial charge on any atom is -0.372 e. The van der Waals surface area contributed by atoms with Crippen molar-refractivity contribution in [1.29, 1.82) is 0 Å². The first-order valence-corrected chi connectivity index (χ1v) is 6.84. The van der Waals surface area contributed by atoms with Gasteiger partial charge in [-0.15, -0.1) is 11.3 Å². The fourth-order valence-electron chi connectivity index (χ4n) is 1.54. The maximum atomic E-state index is 11.9. The van der Waals surface area contributed by atoms with Crippen molar-refractivity contribution in [2.45, 2.75) is 26.1 Å². The Kier molecular flexibility index (Phi) is 4.91. The van der Waals surface area contributed by atoms with Crippen LogP contribution >= 0.6 is 11.3 Å². The zero-order valence-corrected chi connectivity index (χ0v) is 11.9. The zero-order chi connectivity index (χ0) is 15.5. The van der Waals surface area contributed by atoms with E-state index in [1.165, 1.54) is 11.3 Å². The summed E-state index contributed by atoms with van der Waals surface area (Å²) in [5.41, 5.74) is 6.23.